The van der Waals surface area contributed by atoms with Crippen LogP contribution in [0.2, 0.25) is 5.28 Å². The molecule has 9 heteroatoms. The van der Waals surface area contributed by atoms with Gasteiger partial charge in [0.15, 0.2) is 17.1 Å². The topological polar surface area (TPSA) is 100 Å². The summed E-state index contributed by atoms with van der Waals surface area (Å²) >= 11 is 5.69. The number of nitrogens with zero attached hydrogens (tertiary/aromatic N) is 2. The lowest BCUT2D eigenvalue weighted by Gasteiger charge is -2.23. The van der Waals surface area contributed by atoms with Gasteiger partial charge in [0.25, 0.3) is 5.56 Å². The highest BCUT2D eigenvalue weighted by Gasteiger charge is 2.47. The first-order valence-corrected chi connectivity index (χ1v) is 6.70. The van der Waals surface area contributed by atoms with Gasteiger partial charge in [0, 0.05) is 12.6 Å². The molecule has 0 radical (unpaired) electrons. The number of aliphatic hydroxyl groups excluding tert-OH is 2. The number of H-pyrrole nitrogens is 1. The second-order valence-corrected chi connectivity index (χ2v) is 5.31. The normalized spacial score (nSPS) is 28.1. The third-order valence-electron chi connectivity index (χ3n) is 3.71. The molecule has 0 aliphatic carbocycles. The van der Waals surface area contributed by atoms with Gasteiger partial charge in [-0.15, -0.1) is 6.42 Å². The molecule has 3 rings (SSSR count). The molecular weight excluding hydrogens is 317 g/mol. The Hall–Kier alpha value is -1.92. The predicted molar refractivity (Wildman–Crippen MR) is 74.7 cm³/mol. The van der Waals surface area contributed by atoms with Gasteiger partial charge >= 0.3 is 0 Å². The maximum absolute atomic E-state index is 14.0. The molecule has 0 aromatic carbocycles. The Morgan fingerprint density at radius 1 is 1.73 bits per heavy atom. The molecule has 3 N–H and O–H groups in total. The average Bonchev–Trinajstić information content (AvgIpc) is 2.97. The number of aliphatic hydroxyl groups is 2. The number of aromatic amines is 1. The predicted octanol–water partition coefficient (Wildman–Crippen LogP) is 0.161. The lowest BCUT2D eigenvalue weighted by molar-refractivity contribution is -0.0891. The maximum Gasteiger partial charge on any atom is 0.264 e. The third kappa shape index (κ3) is 2.02. The molecule has 2 aromatic rings. The molecule has 1 aliphatic heterocycles. The largest absolute Gasteiger partial charge is 0.392 e. The summed E-state index contributed by atoms with van der Waals surface area (Å²) in [5, 5.41) is 18.9. The van der Waals surface area contributed by atoms with Crippen molar-refractivity contribution in [2.75, 3.05) is 6.61 Å². The Kier molecular flexibility index (Phi) is 3.45. The van der Waals surface area contributed by atoms with Crippen molar-refractivity contribution in [3.63, 3.8) is 0 Å². The van der Waals surface area contributed by atoms with E-state index in [-0.39, 0.29) is 22.7 Å². The second-order valence-electron chi connectivity index (χ2n) is 4.96. The summed E-state index contributed by atoms with van der Waals surface area (Å²) in [5.74, 6) is 1.41. The number of hydrogen-bond acceptors (Lipinski definition) is 5. The molecule has 3 heterocycles. The van der Waals surface area contributed by atoms with Crippen LogP contribution in [0.1, 0.15) is 12.6 Å². The van der Waals surface area contributed by atoms with Crippen LogP contribution in [0.25, 0.3) is 11.0 Å². The molecule has 22 heavy (non-hydrogen) atoms. The smallest absolute Gasteiger partial charge is 0.264 e. The Balaban J connectivity index is 2.13. The van der Waals surface area contributed by atoms with Crippen molar-refractivity contribution in [2.45, 2.75) is 24.4 Å². The molecule has 1 fully saturated rings. The Bertz CT molecular complexity index is 842. The van der Waals surface area contributed by atoms with Gasteiger partial charge in [0.05, 0.1) is 6.61 Å². The quantitative estimate of drug-likeness (QED) is 0.539. The van der Waals surface area contributed by atoms with Crippen LogP contribution in [0.4, 0.5) is 4.39 Å². The summed E-state index contributed by atoms with van der Waals surface area (Å²) in [5.41, 5.74) is -2.34. The van der Waals surface area contributed by atoms with E-state index in [9.17, 15) is 19.4 Å². The van der Waals surface area contributed by atoms with E-state index in [2.05, 4.69) is 15.9 Å². The first-order valence-electron chi connectivity index (χ1n) is 6.32. The van der Waals surface area contributed by atoms with Gasteiger partial charge in [-0.05, 0) is 11.6 Å². The van der Waals surface area contributed by atoms with Crippen LogP contribution >= 0.6 is 11.6 Å². The molecule has 2 aromatic heterocycles. The van der Waals surface area contributed by atoms with Gasteiger partial charge in [-0.3, -0.25) is 9.78 Å². The fourth-order valence-electron chi connectivity index (χ4n) is 2.54. The van der Waals surface area contributed by atoms with E-state index in [1.165, 1.54) is 4.57 Å². The number of aromatic nitrogens is 3. The number of halogens is 2. The van der Waals surface area contributed by atoms with Crippen LogP contribution in [0.5, 0.6) is 0 Å². The first kappa shape index (κ1) is 15.0. The minimum Gasteiger partial charge on any atom is -0.392 e. The summed E-state index contributed by atoms with van der Waals surface area (Å²) in [4.78, 5) is 17.8. The van der Waals surface area contributed by atoms with Crippen molar-refractivity contribution in [1.29, 1.82) is 0 Å². The van der Waals surface area contributed by atoms with Crippen molar-refractivity contribution in [2.24, 2.45) is 0 Å². The lowest BCUT2D eigenvalue weighted by atomic mass is 9.99. The number of nitrogens with one attached hydrogen (secondary N) is 1. The fraction of sp³-hybridized carbons (Fsp3) is 0.385. The van der Waals surface area contributed by atoms with E-state index in [1.54, 1.807) is 0 Å². The second kappa shape index (κ2) is 5.07. The van der Waals surface area contributed by atoms with Crippen LogP contribution in [0.3, 0.4) is 0 Å². The summed E-state index contributed by atoms with van der Waals surface area (Å²) in [6.45, 7) is -0.600. The van der Waals surface area contributed by atoms with Gasteiger partial charge in [-0.2, -0.15) is 0 Å². The number of terminal acetylenes is 1. The standard InChI is InChI=1S/C13H11ClFN3O4/c1-2-13(5-19)7(20)3-8(22-13)18-4-6(15)9-10(18)16-12(14)17-11(9)21/h1,4,7-8,19-20H,3,5H2,(H,16,17,21)/t7-,8-,13+/m0/s1. The molecule has 0 unspecified atom stereocenters. The molecule has 1 saturated heterocycles. The molecule has 0 bridgehead atoms. The molecule has 1 aliphatic rings. The van der Waals surface area contributed by atoms with Crippen LogP contribution in [-0.2, 0) is 4.74 Å². The lowest BCUT2D eigenvalue weighted by Crippen LogP contribution is -2.41. The highest BCUT2D eigenvalue weighted by atomic mass is 35.5. The number of hydrogen-bond donors (Lipinski definition) is 3. The van der Waals surface area contributed by atoms with Crippen molar-refractivity contribution >= 4 is 22.6 Å². The first-order chi connectivity index (χ1) is 10.4. The highest BCUT2D eigenvalue weighted by Crippen LogP contribution is 2.38. The molecule has 0 saturated carbocycles. The van der Waals surface area contributed by atoms with Crippen molar-refractivity contribution < 1.29 is 19.3 Å². The minimum absolute atomic E-state index is 0.0000775. The van der Waals surface area contributed by atoms with E-state index in [0.29, 0.717) is 0 Å². The number of fused-ring (bicyclic) bond motifs is 1. The SMILES string of the molecule is C#C[C@]1(CO)O[C@H](n2cc(F)c3c(=O)[nH]c(Cl)nc32)C[C@@H]1O. The van der Waals surface area contributed by atoms with Crippen LogP contribution in [0.15, 0.2) is 11.0 Å². The zero-order valence-corrected chi connectivity index (χ0v) is 11.8. The fourth-order valence-corrected chi connectivity index (χ4v) is 2.71. The Labute approximate surface area is 128 Å². The summed E-state index contributed by atoms with van der Waals surface area (Å²) in [6, 6.07) is 0. The Morgan fingerprint density at radius 2 is 2.45 bits per heavy atom. The molecule has 116 valence electrons. The van der Waals surface area contributed by atoms with E-state index in [4.69, 9.17) is 22.8 Å². The third-order valence-corrected chi connectivity index (χ3v) is 3.89. The summed E-state index contributed by atoms with van der Waals surface area (Å²) in [6.07, 6.45) is 4.28. The van der Waals surface area contributed by atoms with Crippen LogP contribution in [0, 0.1) is 18.2 Å². The zero-order valence-electron chi connectivity index (χ0n) is 11.1. The molecule has 0 spiro atoms. The average molecular weight is 328 g/mol. The summed E-state index contributed by atoms with van der Waals surface area (Å²) in [7, 11) is 0. The van der Waals surface area contributed by atoms with Crippen molar-refractivity contribution in [3.05, 3.63) is 27.7 Å². The summed E-state index contributed by atoms with van der Waals surface area (Å²) < 4.78 is 20.7. The Morgan fingerprint density at radius 3 is 3.05 bits per heavy atom. The minimum atomic E-state index is -1.58. The van der Waals surface area contributed by atoms with Gasteiger partial charge in [0.2, 0.25) is 5.28 Å². The molecular formula is C13H11ClFN3O4. The van der Waals surface area contributed by atoms with Crippen molar-refractivity contribution in [3.8, 4) is 12.3 Å². The van der Waals surface area contributed by atoms with Crippen molar-refractivity contribution in [1.82, 2.24) is 14.5 Å². The monoisotopic (exact) mass is 327 g/mol. The van der Waals surface area contributed by atoms with Gasteiger partial charge in [-0.1, -0.05) is 5.92 Å². The van der Waals surface area contributed by atoms with Gasteiger partial charge in [0.1, 0.15) is 17.7 Å². The van der Waals surface area contributed by atoms with E-state index < -0.39 is 35.9 Å². The van der Waals surface area contributed by atoms with E-state index in [0.717, 1.165) is 6.20 Å². The maximum atomic E-state index is 14.0. The zero-order chi connectivity index (χ0) is 16.1. The van der Waals surface area contributed by atoms with Gasteiger partial charge in [-0.25, -0.2) is 9.37 Å². The number of ether oxygens (including phenoxy) is 1. The van der Waals surface area contributed by atoms with Gasteiger partial charge < -0.3 is 19.5 Å². The van der Waals surface area contributed by atoms with E-state index >= 15 is 0 Å². The van der Waals surface area contributed by atoms with Crippen LogP contribution in [-0.4, -0.2) is 43.1 Å². The van der Waals surface area contributed by atoms with E-state index in [1.807, 2.05) is 0 Å². The molecule has 7 nitrogen and oxygen atoms in total. The molecule has 0 amide bonds. The number of rotatable bonds is 2. The molecule has 3 atom stereocenters. The van der Waals surface area contributed by atoms with Crippen LogP contribution < -0.4 is 5.56 Å². The highest BCUT2D eigenvalue weighted by molar-refractivity contribution is 6.28.